The van der Waals surface area contributed by atoms with Crippen molar-refractivity contribution in [3.8, 4) is 11.5 Å². The van der Waals surface area contributed by atoms with Crippen LogP contribution in [0.1, 0.15) is 0 Å². The van der Waals surface area contributed by atoms with Gasteiger partial charge < -0.3 is 19.7 Å². The topological polar surface area (TPSA) is 39.5 Å². The van der Waals surface area contributed by atoms with E-state index in [2.05, 4.69) is 5.32 Å². The first kappa shape index (κ1) is 12.2. The number of piperazine rings is 1. The molecule has 0 atom stereocenters. The van der Waals surface area contributed by atoms with Gasteiger partial charge in [-0.1, -0.05) is 12.1 Å². The summed E-state index contributed by atoms with van der Waals surface area (Å²) in [5.41, 5.74) is 0. The largest absolute Gasteiger partial charge is 0.493 e. The molecule has 3 N–H and O–H groups in total. The summed E-state index contributed by atoms with van der Waals surface area (Å²) in [7, 11) is 1.67. The van der Waals surface area contributed by atoms with Crippen LogP contribution in [0.25, 0.3) is 0 Å². The second kappa shape index (κ2) is 6.47. The molecule has 0 amide bonds. The summed E-state index contributed by atoms with van der Waals surface area (Å²) in [6.07, 6.45) is 0. The molecule has 0 spiro atoms. The highest BCUT2D eigenvalue weighted by Crippen LogP contribution is 2.25. The fraction of sp³-hybridized carbons (Fsp3) is 0.538. The Bertz CT molecular complexity index is 338. The number of para-hydroxylation sites is 2. The molecular formula is C13H22N2O2+2. The average Bonchev–Trinajstić information content (AvgIpc) is 2.40. The van der Waals surface area contributed by atoms with Gasteiger partial charge in [0.15, 0.2) is 11.5 Å². The molecule has 1 aliphatic rings. The van der Waals surface area contributed by atoms with E-state index in [-0.39, 0.29) is 0 Å². The fourth-order valence-corrected chi connectivity index (χ4v) is 2.18. The first-order valence-electron chi connectivity index (χ1n) is 6.31. The minimum atomic E-state index is 0.760. The lowest BCUT2D eigenvalue weighted by atomic mass is 10.3. The molecular weight excluding hydrogens is 216 g/mol. The predicted octanol–water partition coefficient (Wildman–Crippen LogP) is -1.46. The normalized spacial score (nSPS) is 16.8. The summed E-state index contributed by atoms with van der Waals surface area (Å²) in [4.78, 5) is 1.64. The maximum absolute atomic E-state index is 5.77. The van der Waals surface area contributed by atoms with Crippen LogP contribution < -0.4 is 19.7 Å². The van der Waals surface area contributed by atoms with Gasteiger partial charge in [0.1, 0.15) is 39.3 Å². The summed E-state index contributed by atoms with van der Waals surface area (Å²) in [6, 6.07) is 7.81. The van der Waals surface area contributed by atoms with Crippen molar-refractivity contribution >= 4 is 0 Å². The van der Waals surface area contributed by atoms with Gasteiger partial charge in [0.05, 0.1) is 7.11 Å². The molecule has 0 radical (unpaired) electrons. The highest BCUT2D eigenvalue weighted by molar-refractivity contribution is 5.39. The number of nitrogens with two attached hydrogens (primary N) is 1. The van der Waals surface area contributed by atoms with Gasteiger partial charge in [-0.2, -0.15) is 0 Å². The fourth-order valence-electron chi connectivity index (χ4n) is 2.18. The first-order valence-corrected chi connectivity index (χ1v) is 6.31. The Morgan fingerprint density at radius 3 is 2.59 bits per heavy atom. The second-order valence-electron chi connectivity index (χ2n) is 4.37. The van der Waals surface area contributed by atoms with Gasteiger partial charge in [-0.3, -0.25) is 0 Å². The number of benzene rings is 1. The molecule has 4 heteroatoms. The number of hydrogen-bond donors (Lipinski definition) is 2. The Morgan fingerprint density at radius 2 is 1.88 bits per heavy atom. The molecule has 1 aliphatic heterocycles. The highest BCUT2D eigenvalue weighted by Gasteiger charge is 2.15. The van der Waals surface area contributed by atoms with Gasteiger partial charge in [-0.15, -0.1) is 0 Å². The number of ether oxygens (including phenoxy) is 2. The van der Waals surface area contributed by atoms with Gasteiger partial charge in [0.25, 0.3) is 0 Å². The van der Waals surface area contributed by atoms with Crippen LogP contribution in [0.3, 0.4) is 0 Å². The molecule has 17 heavy (non-hydrogen) atoms. The molecule has 1 saturated heterocycles. The summed E-state index contributed by atoms with van der Waals surface area (Å²) < 4.78 is 11.0. The molecule has 0 bridgehead atoms. The molecule has 1 fully saturated rings. The lowest BCUT2D eigenvalue weighted by Crippen LogP contribution is -3.20. The van der Waals surface area contributed by atoms with Crippen molar-refractivity contribution in [2.75, 3.05) is 46.4 Å². The van der Waals surface area contributed by atoms with Crippen LogP contribution in [0.15, 0.2) is 24.3 Å². The third-order valence-corrected chi connectivity index (χ3v) is 3.19. The van der Waals surface area contributed by atoms with Crippen molar-refractivity contribution < 1.29 is 19.7 Å². The number of rotatable bonds is 5. The van der Waals surface area contributed by atoms with Gasteiger partial charge in [-0.05, 0) is 12.1 Å². The molecule has 0 unspecified atom stereocenters. The van der Waals surface area contributed by atoms with Crippen molar-refractivity contribution in [2.24, 2.45) is 0 Å². The second-order valence-corrected chi connectivity index (χ2v) is 4.37. The number of hydrogen-bond acceptors (Lipinski definition) is 2. The smallest absolute Gasteiger partial charge is 0.161 e. The van der Waals surface area contributed by atoms with Crippen LogP contribution in [0.5, 0.6) is 11.5 Å². The Hall–Kier alpha value is -1.26. The molecule has 0 aromatic heterocycles. The van der Waals surface area contributed by atoms with Crippen molar-refractivity contribution in [3.05, 3.63) is 24.3 Å². The SMILES string of the molecule is COc1ccccc1OCC[NH+]1CC[NH2+]CC1. The van der Waals surface area contributed by atoms with Crippen LogP contribution >= 0.6 is 0 Å². The molecule has 94 valence electrons. The number of methoxy groups -OCH3 is 1. The predicted molar refractivity (Wildman–Crippen MR) is 65.7 cm³/mol. The Kier molecular flexibility index (Phi) is 4.64. The lowest BCUT2D eigenvalue weighted by Gasteiger charge is -2.22. The number of nitrogens with one attached hydrogen (secondary N) is 1. The zero-order chi connectivity index (χ0) is 11.9. The number of quaternary nitrogens is 2. The summed E-state index contributed by atoms with van der Waals surface area (Å²) in [5.74, 6) is 1.66. The van der Waals surface area contributed by atoms with Gasteiger partial charge in [0.2, 0.25) is 0 Å². The molecule has 0 saturated carbocycles. The Morgan fingerprint density at radius 1 is 1.18 bits per heavy atom. The van der Waals surface area contributed by atoms with E-state index in [0.717, 1.165) is 24.7 Å². The Balaban J connectivity index is 1.77. The van der Waals surface area contributed by atoms with Crippen LogP contribution in [-0.4, -0.2) is 46.4 Å². The summed E-state index contributed by atoms with van der Waals surface area (Å²) >= 11 is 0. The quantitative estimate of drug-likeness (QED) is 0.658. The lowest BCUT2D eigenvalue weighted by molar-refractivity contribution is -0.946. The Labute approximate surface area is 103 Å². The maximum atomic E-state index is 5.77. The summed E-state index contributed by atoms with van der Waals surface area (Å²) in [5, 5.41) is 2.38. The zero-order valence-corrected chi connectivity index (χ0v) is 10.4. The zero-order valence-electron chi connectivity index (χ0n) is 10.4. The minimum absolute atomic E-state index is 0.760. The minimum Gasteiger partial charge on any atom is -0.493 e. The van der Waals surface area contributed by atoms with Gasteiger partial charge in [0, 0.05) is 0 Å². The van der Waals surface area contributed by atoms with Crippen LogP contribution in [0, 0.1) is 0 Å². The van der Waals surface area contributed by atoms with E-state index in [9.17, 15) is 0 Å². The molecule has 0 aliphatic carbocycles. The molecule has 1 aromatic carbocycles. The van der Waals surface area contributed by atoms with E-state index in [1.54, 1.807) is 12.0 Å². The monoisotopic (exact) mass is 238 g/mol. The van der Waals surface area contributed by atoms with Crippen molar-refractivity contribution in [1.29, 1.82) is 0 Å². The highest BCUT2D eigenvalue weighted by atomic mass is 16.5. The van der Waals surface area contributed by atoms with Crippen molar-refractivity contribution in [2.45, 2.75) is 0 Å². The maximum Gasteiger partial charge on any atom is 0.161 e. The molecule has 1 aromatic rings. The third kappa shape index (κ3) is 3.61. The van der Waals surface area contributed by atoms with Crippen LogP contribution in [0.2, 0.25) is 0 Å². The molecule has 1 heterocycles. The average molecular weight is 238 g/mol. The summed E-state index contributed by atoms with van der Waals surface area (Å²) in [6.45, 7) is 6.81. The van der Waals surface area contributed by atoms with Gasteiger partial charge in [-0.25, -0.2) is 0 Å². The van der Waals surface area contributed by atoms with Crippen LogP contribution in [0.4, 0.5) is 0 Å². The van der Waals surface area contributed by atoms with E-state index in [1.165, 1.54) is 26.2 Å². The molecule has 2 rings (SSSR count). The van der Waals surface area contributed by atoms with Crippen molar-refractivity contribution in [3.63, 3.8) is 0 Å². The van der Waals surface area contributed by atoms with E-state index in [4.69, 9.17) is 9.47 Å². The van der Waals surface area contributed by atoms with E-state index < -0.39 is 0 Å². The first-order chi connectivity index (χ1) is 8.40. The van der Waals surface area contributed by atoms with Gasteiger partial charge >= 0.3 is 0 Å². The van der Waals surface area contributed by atoms with Crippen molar-refractivity contribution in [1.82, 2.24) is 0 Å². The van der Waals surface area contributed by atoms with E-state index in [1.807, 2.05) is 24.3 Å². The third-order valence-electron chi connectivity index (χ3n) is 3.19. The van der Waals surface area contributed by atoms with E-state index >= 15 is 0 Å². The molecule has 4 nitrogen and oxygen atoms in total. The van der Waals surface area contributed by atoms with Crippen LogP contribution in [-0.2, 0) is 0 Å². The van der Waals surface area contributed by atoms with E-state index in [0.29, 0.717) is 0 Å². The standard InChI is InChI=1S/C13H20N2O2/c1-16-12-4-2-3-5-13(12)17-11-10-15-8-6-14-7-9-15/h2-5,14H,6-11H2,1H3/p+2.